The Hall–Kier alpha value is 1.33. The van der Waals surface area contributed by atoms with Gasteiger partial charge in [-0.05, 0) is 0 Å². The molecule has 0 aliphatic heterocycles. The summed E-state index contributed by atoms with van der Waals surface area (Å²) in [5.41, 5.74) is 0. The Morgan fingerprint density at radius 2 is 2.12 bits per heavy atom. The zero-order valence-electron chi connectivity index (χ0n) is 5.78. The topological polar surface area (TPSA) is 0 Å². The van der Waals surface area contributed by atoms with E-state index in [4.69, 9.17) is 0 Å². The third kappa shape index (κ3) is 7.33. The molecule has 0 aliphatic rings. The number of hydrogen-bond acceptors (Lipinski definition) is 0. The van der Waals surface area contributed by atoms with Gasteiger partial charge in [0.15, 0.2) is 0 Å². The van der Waals surface area contributed by atoms with Crippen LogP contribution in [0.2, 0.25) is 0 Å². The molecule has 0 aliphatic carbocycles. The molecule has 44 valence electrons. The van der Waals surface area contributed by atoms with E-state index in [1.807, 2.05) is 0 Å². The van der Waals surface area contributed by atoms with E-state index >= 15 is 0 Å². The summed E-state index contributed by atoms with van der Waals surface area (Å²) in [6.45, 7) is 2.25. The molecular formula is C6H12ILi. The zero-order chi connectivity index (χ0) is 6.41. The maximum absolute atomic E-state index is 2.48. The predicted molar refractivity (Wildman–Crippen MR) is 47.7 cm³/mol. The van der Waals surface area contributed by atoms with E-state index in [1.165, 1.54) is 25.7 Å². The van der Waals surface area contributed by atoms with Crippen LogP contribution in [0, 0.1) is 0 Å². The number of unbranched alkanes of at least 4 members (excludes halogenated alkanes) is 2. The molecule has 0 fully saturated rings. The summed E-state index contributed by atoms with van der Waals surface area (Å²) < 4.78 is 0.874. The SMILES string of the molecule is [Li][CH](I)CCCCC. The van der Waals surface area contributed by atoms with Crippen molar-refractivity contribution in [1.29, 1.82) is 0 Å². The fourth-order valence-corrected chi connectivity index (χ4v) is 1.12. The van der Waals surface area contributed by atoms with E-state index in [1.54, 1.807) is 0 Å². The number of rotatable bonds is 4. The van der Waals surface area contributed by atoms with Crippen LogP contribution < -0.4 is 0 Å². The predicted octanol–water partition coefficient (Wildman–Crippen LogP) is 2.50. The molecule has 1 atom stereocenters. The van der Waals surface area contributed by atoms with Crippen LogP contribution in [0.5, 0.6) is 0 Å². The molecule has 0 aromatic rings. The summed E-state index contributed by atoms with van der Waals surface area (Å²) in [4.78, 5) is 0. The monoisotopic (exact) mass is 218 g/mol. The average Bonchev–Trinajstić information content (AvgIpc) is 1.66. The van der Waals surface area contributed by atoms with Gasteiger partial charge in [0, 0.05) is 0 Å². The normalized spacial score (nSPS) is 14.0. The molecule has 0 saturated carbocycles. The summed E-state index contributed by atoms with van der Waals surface area (Å²) in [6.07, 6.45) is 5.58. The Morgan fingerprint density at radius 3 is 2.50 bits per heavy atom. The first kappa shape index (κ1) is 9.33. The van der Waals surface area contributed by atoms with Gasteiger partial charge in [0.2, 0.25) is 0 Å². The van der Waals surface area contributed by atoms with Crippen molar-refractivity contribution in [2.45, 2.75) is 35.2 Å². The minimum atomic E-state index is 0.874. The molecule has 2 heteroatoms. The van der Waals surface area contributed by atoms with Gasteiger partial charge in [-0.15, -0.1) is 0 Å². The van der Waals surface area contributed by atoms with Crippen molar-refractivity contribution in [3.63, 3.8) is 0 Å². The van der Waals surface area contributed by atoms with E-state index in [0.29, 0.717) is 0 Å². The summed E-state index contributed by atoms with van der Waals surface area (Å²) in [5, 5.41) is 0. The summed E-state index contributed by atoms with van der Waals surface area (Å²) >= 11 is 4.76. The fraction of sp³-hybridized carbons (Fsp3) is 1.00. The van der Waals surface area contributed by atoms with Gasteiger partial charge in [0.1, 0.15) is 0 Å². The summed E-state index contributed by atoms with van der Waals surface area (Å²) in [6, 6.07) is 0. The third-order valence-electron chi connectivity index (χ3n) is 1.21. The van der Waals surface area contributed by atoms with Gasteiger partial charge in [0.05, 0.1) is 0 Å². The molecule has 0 N–H and O–H groups in total. The van der Waals surface area contributed by atoms with Gasteiger partial charge in [-0.25, -0.2) is 0 Å². The molecule has 0 aromatic heterocycles. The van der Waals surface area contributed by atoms with Crippen LogP contribution >= 0.6 is 22.6 Å². The summed E-state index contributed by atoms with van der Waals surface area (Å²) in [5.74, 6) is 0. The van der Waals surface area contributed by atoms with Gasteiger partial charge in [-0.2, -0.15) is 0 Å². The van der Waals surface area contributed by atoms with Crippen LogP contribution in [-0.2, 0) is 0 Å². The zero-order valence-corrected chi connectivity index (χ0v) is 7.94. The Balaban J connectivity index is 2.72. The van der Waals surface area contributed by atoms with Gasteiger partial charge >= 0.3 is 75.5 Å². The molecule has 0 aromatic carbocycles. The molecule has 0 radical (unpaired) electrons. The molecule has 1 unspecified atom stereocenters. The van der Waals surface area contributed by atoms with Crippen molar-refractivity contribution >= 4 is 40.3 Å². The van der Waals surface area contributed by atoms with Crippen molar-refractivity contribution in [3.8, 4) is 0 Å². The molecule has 0 bridgehead atoms. The van der Waals surface area contributed by atoms with Crippen molar-refractivity contribution in [1.82, 2.24) is 0 Å². The Kier molecular flexibility index (Phi) is 7.52. The second-order valence-corrected chi connectivity index (χ2v) is 4.40. The van der Waals surface area contributed by atoms with Crippen LogP contribution in [0.4, 0.5) is 0 Å². The Labute approximate surface area is 75.1 Å². The van der Waals surface area contributed by atoms with Crippen LogP contribution in [0.3, 0.4) is 0 Å². The molecule has 0 nitrogen and oxygen atoms in total. The van der Waals surface area contributed by atoms with E-state index in [2.05, 4.69) is 47.2 Å². The van der Waals surface area contributed by atoms with Gasteiger partial charge in [0.25, 0.3) is 0 Å². The molecule has 0 saturated heterocycles. The van der Waals surface area contributed by atoms with E-state index in [9.17, 15) is 0 Å². The second-order valence-electron chi connectivity index (χ2n) is 2.28. The van der Waals surface area contributed by atoms with Crippen LogP contribution in [0.25, 0.3) is 0 Å². The van der Waals surface area contributed by atoms with Gasteiger partial charge in [-0.1, -0.05) is 0 Å². The van der Waals surface area contributed by atoms with E-state index in [0.717, 1.165) is 2.60 Å². The van der Waals surface area contributed by atoms with Crippen molar-refractivity contribution in [2.75, 3.05) is 0 Å². The standard InChI is InChI=1S/C6H12I.Li/c1-2-3-4-5-6-7;/h6H,2-5H2,1H3;. The van der Waals surface area contributed by atoms with E-state index in [-0.39, 0.29) is 0 Å². The molecule has 0 rings (SSSR count). The van der Waals surface area contributed by atoms with Crippen molar-refractivity contribution in [3.05, 3.63) is 0 Å². The first-order valence-corrected chi connectivity index (χ1v) is 4.66. The van der Waals surface area contributed by atoms with Gasteiger partial charge < -0.3 is 0 Å². The molecule has 0 spiro atoms. The van der Waals surface area contributed by atoms with Gasteiger partial charge in [-0.3, -0.25) is 0 Å². The van der Waals surface area contributed by atoms with Crippen LogP contribution in [-0.4, -0.2) is 20.3 Å². The van der Waals surface area contributed by atoms with Crippen molar-refractivity contribution < 1.29 is 0 Å². The number of hydrogen-bond donors (Lipinski definition) is 0. The summed E-state index contributed by atoms with van der Waals surface area (Å²) in [7, 11) is 0. The third-order valence-corrected chi connectivity index (χ3v) is 1.83. The quantitative estimate of drug-likeness (QED) is 0.294. The first-order valence-electron chi connectivity index (χ1n) is 3.41. The van der Waals surface area contributed by atoms with Crippen LogP contribution in [0.1, 0.15) is 32.6 Å². The molecule has 0 heterocycles. The minimum absolute atomic E-state index is 0.874. The second kappa shape index (κ2) is 6.45. The van der Waals surface area contributed by atoms with Crippen LogP contribution in [0.15, 0.2) is 0 Å². The Bertz CT molecular complexity index is 45.8. The molecule has 8 heavy (non-hydrogen) atoms. The number of halogens is 1. The number of alkyl halides is 1. The maximum atomic E-state index is 2.48. The van der Waals surface area contributed by atoms with Crippen molar-refractivity contribution in [2.24, 2.45) is 0 Å². The fourth-order valence-electron chi connectivity index (χ4n) is 0.676. The Morgan fingerprint density at radius 1 is 1.50 bits per heavy atom. The van der Waals surface area contributed by atoms with E-state index < -0.39 is 0 Å². The molecular weight excluding hydrogens is 206 g/mol. The average molecular weight is 218 g/mol. The first-order chi connectivity index (χ1) is 3.77. The molecule has 0 amide bonds.